The standard InChI is InChI=1S/C12H24N2/c1-2-5-12(4-1)6-3-9-14-10-7-13-8-11-14/h12-13H,1-11H2. The Kier molecular flexibility index (Phi) is 4.26. The summed E-state index contributed by atoms with van der Waals surface area (Å²) in [6.07, 6.45) is 8.95. The fraction of sp³-hybridized carbons (Fsp3) is 1.00. The molecule has 1 aliphatic carbocycles. The molecule has 1 N–H and O–H groups in total. The highest BCUT2D eigenvalue weighted by Gasteiger charge is 2.15. The summed E-state index contributed by atoms with van der Waals surface area (Å²) in [7, 11) is 0. The lowest BCUT2D eigenvalue weighted by Crippen LogP contribution is -2.43. The molecule has 0 aromatic rings. The third-order valence-corrected chi connectivity index (χ3v) is 3.77. The van der Waals surface area contributed by atoms with Gasteiger partial charge in [-0.15, -0.1) is 0 Å². The van der Waals surface area contributed by atoms with Gasteiger partial charge in [-0.25, -0.2) is 0 Å². The number of nitrogens with zero attached hydrogens (tertiary/aromatic N) is 1. The van der Waals surface area contributed by atoms with Crippen molar-refractivity contribution in [3.63, 3.8) is 0 Å². The summed E-state index contributed by atoms with van der Waals surface area (Å²) in [4.78, 5) is 2.62. The summed E-state index contributed by atoms with van der Waals surface area (Å²) >= 11 is 0. The van der Waals surface area contributed by atoms with Crippen LogP contribution in [0.15, 0.2) is 0 Å². The molecule has 0 amide bonds. The van der Waals surface area contributed by atoms with E-state index in [0.717, 1.165) is 5.92 Å². The van der Waals surface area contributed by atoms with E-state index in [0.29, 0.717) is 0 Å². The quantitative estimate of drug-likeness (QED) is 0.738. The summed E-state index contributed by atoms with van der Waals surface area (Å²) in [5.41, 5.74) is 0. The van der Waals surface area contributed by atoms with Gasteiger partial charge in [0.1, 0.15) is 0 Å². The average Bonchev–Trinajstić information content (AvgIpc) is 2.72. The largest absolute Gasteiger partial charge is 0.314 e. The Morgan fingerprint density at radius 3 is 2.50 bits per heavy atom. The summed E-state index contributed by atoms with van der Waals surface area (Å²) in [5, 5.41) is 3.40. The highest BCUT2D eigenvalue weighted by Crippen LogP contribution is 2.28. The molecular formula is C12H24N2. The van der Waals surface area contributed by atoms with E-state index in [4.69, 9.17) is 0 Å². The first-order chi connectivity index (χ1) is 6.95. The molecule has 0 spiro atoms. The number of nitrogens with one attached hydrogen (secondary N) is 1. The van der Waals surface area contributed by atoms with Crippen molar-refractivity contribution in [1.29, 1.82) is 0 Å². The van der Waals surface area contributed by atoms with Crippen molar-refractivity contribution in [1.82, 2.24) is 10.2 Å². The number of piperazine rings is 1. The van der Waals surface area contributed by atoms with Gasteiger partial charge in [-0.1, -0.05) is 25.7 Å². The zero-order valence-electron chi connectivity index (χ0n) is 9.30. The van der Waals surface area contributed by atoms with Crippen LogP contribution in [0.3, 0.4) is 0 Å². The van der Waals surface area contributed by atoms with Gasteiger partial charge in [0.05, 0.1) is 0 Å². The number of hydrogen-bond acceptors (Lipinski definition) is 2. The monoisotopic (exact) mass is 196 g/mol. The Morgan fingerprint density at radius 2 is 1.79 bits per heavy atom. The van der Waals surface area contributed by atoms with Crippen LogP contribution in [0.2, 0.25) is 0 Å². The van der Waals surface area contributed by atoms with Crippen molar-refractivity contribution >= 4 is 0 Å². The van der Waals surface area contributed by atoms with Crippen LogP contribution in [0.4, 0.5) is 0 Å². The predicted octanol–water partition coefficient (Wildman–Crippen LogP) is 1.86. The van der Waals surface area contributed by atoms with Crippen molar-refractivity contribution < 1.29 is 0 Å². The van der Waals surface area contributed by atoms with Crippen LogP contribution in [-0.4, -0.2) is 37.6 Å². The molecular weight excluding hydrogens is 172 g/mol. The van der Waals surface area contributed by atoms with Crippen molar-refractivity contribution in [3.8, 4) is 0 Å². The van der Waals surface area contributed by atoms with Gasteiger partial charge < -0.3 is 10.2 Å². The molecule has 14 heavy (non-hydrogen) atoms. The summed E-state index contributed by atoms with van der Waals surface area (Å²) in [6.45, 7) is 6.28. The van der Waals surface area contributed by atoms with Crippen LogP contribution < -0.4 is 5.32 Å². The molecule has 1 heterocycles. The lowest BCUT2D eigenvalue weighted by molar-refractivity contribution is 0.231. The number of hydrogen-bond donors (Lipinski definition) is 1. The van der Waals surface area contributed by atoms with E-state index in [1.54, 1.807) is 0 Å². The van der Waals surface area contributed by atoms with Crippen LogP contribution in [0, 0.1) is 5.92 Å². The zero-order valence-corrected chi connectivity index (χ0v) is 9.30. The second-order valence-corrected chi connectivity index (χ2v) is 4.88. The second kappa shape index (κ2) is 5.72. The van der Waals surface area contributed by atoms with Crippen molar-refractivity contribution in [3.05, 3.63) is 0 Å². The maximum atomic E-state index is 3.40. The lowest BCUT2D eigenvalue weighted by Gasteiger charge is -2.27. The van der Waals surface area contributed by atoms with Gasteiger partial charge in [0, 0.05) is 26.2 Å². The van der Waals surface area contributed by atoms with Crippen molar-refractivity contribution in [2.24, 2.45) is 5.92 Å². The average molecular weight is 196 g/mol. The molecule has 0 bridgehead atoms. The van der Waals surface area contributed by atoms with Crippen molar-refractivity contribution in [2.75, 3.05) is 32.7 Å². The first-order valence-electron chi connectivity index (χ1n) is 6.38. The van der Waals surface area contributed by atoms with E-state index >= 15 is 0 Å². The molecule has 0 radical (unpaired) electrons. The smallest absolute Gasteiger partial charge is 0.0107 e. The molecule has 0 atom stereocenters. The summed E-state index contributed by atoms with van der Waals surface area (Å²) < 4.78 is 0. The molecule has 2 fully saturated rings. The van der Waals surface area contributed by atoms with Crippen LogP contribution in [0.1, 0.15) is 38.5 Å². The van der Waals surface area contributed by atoms with E-state index in [9.17, 15) is 0 Å². The second-order valence-electron chi connectivity index (χ2n) is 4.88. The minimum absolute atomic E-state index is 1.08. The SMILES string of the molecule is C1CCC(CCCN2CCNCC2)C1. The maximum absolute atomic E-state index is 3.40. The van der Waals surface area contributed by atoms with Gasteiger partial charge in [0.25, 0.3) is 0 Å². The van der Waals surface area contributed by atoms with E-state index in [1.807, 2.05) is 0 Å². The first kappa shape index (κ1) is 10.4. The molecule has 0 aromatic heterocycles. The predicted molar refractivity (Wildman–Crippen MR) is 60.5 cm³/mol. The Hall–Kier alpha value is -0.0800. The van der Waals surface area contributed by atoms with Gasteiger partial charge in [0.15, 0.2) is 0 Å². The molecule has 1 aliphatic heterocycles. The van der Waals surface area contributed by atoms with Crippen LogP contribution in [0.25, 0.3) is 0 Å². The Balaban J connectivity index is 1.52. The van der Waals surface area contributed by atoms with Gasteiger partial charge in [-0.3, -0.25) is 0 Å². The van der Waals surface area contributed by atoms with E-state index in [1.165, 1.54) is 71.2 Å². The molecule has 82 valence electrons. The minimum Gasteiger partial charge on any atom is -0.314 e. The topological polar surface area (TPSA) is 15.3 Å². The maximum Gasteiger partial charge on any atom is 0.0107 e. The highest BCUT2D eigenvalue weighted by atomic mass is 15.2. The molecule has 2 nitrogen and oxygen atoms in total. The molecule has 0 aromatic carbocycles. The minimum atomic E-state index is 1.08. The third kappa shape index (κ3) is 3.25. The van der Waals surface area contributed by atoms with Gasteiger partial charge in [-0.05, 0) is 25.3 Å². The van der Waals surface area contributed by atoms with Crippen LogP contribution in [0.5, 0.6) is 0 Å². The third-order valence-electron chi connectivity index (χ3n) is 3.77. The van der Waals surface area contributed by atoms with Gasteiger partial charge in [0.2, 0.25) is 0 Å². The fourth-order valence-electron chi connectivity index (χ4n) is 2.84. The van der Waals surface area contributed by atoms with E-state index in [2.05, 4.69) is 10.2 Å². The Bertz CT molecular complexity index is 146. The summed E-state index contributed by atoms with van der Waals surface area (Å²) in [5.74, 6) is 1.08. The zero-order chi connectivity index (χ0) is 9.64. The summed E-state index contributed by atoms with van der Waals surface area (Å²) in [6, 6.07) is 0. The number of rotatable bonds is 4. The Morgan fingerprint density at radius 1 is 1.07 bits per heavy atom. The van der Waals surface area contributed by atoms with Gasteiger partial charge in [-0.2, -0.15) is 0 Å². The fourth-order valence-corrected chi connectivity index (χ4v) is 2.84. The molecule has 2 rings (SSSR count). The highest BCUT2D eigenvalue weighted by molar-refractivity contribution is 4.70. The molecule has 2 aliphatic rings. The molecule has 1 saturated heterocycles. The normalized spacial score (nSPS) is 25.7. The van der Waals surface area contributed by atoms with Crippen molar-refractivity contribution in [2.45, 2.75) is 38.5 Å². The Labute approximate surface area is 88.1 Å². The van der Waals surface area contributed by atoms with Gasteiger partial charge >= 0.3 is 0 Å². The van der Waals surface area contributed by atoms with E-state index < -0.39 is 0 Å². The lowest BCUT2D eigenvalue weighted by atomic mass is 10.0. The molecule has 2 heteroatoms. The molecule has 0 unspecified atom stereocenters. The first-order valence-corrected chi connectivity index (χ1v) is 6.38. The van der Waals surface area contributed by atoms with Crippen LogP contribution in [-0.2, 0) is 0 Å². The van der Waals surface area contributed by atoms with E-state index in [-0.39, 0.29) is 0 Å². The molecule has 1 saturated carbocycles. The van der Waals surface area contributed by atoms with Crippen LogP contribution >= 0.6 is 0 Å².